The molecule has 0 aliphatic heterocycles. The van der Waals surface area contributed by atoms with Gasteiger partial charge in [0.2, 0.25) is 0 Å². The molecule has 7 heteroatoms. The highest BCUT2D eigenvalue weighted by atomic mass is 32.1. The fraction of sp³-hybridized carbons (Fsp3) is 0. The van der Waals surface area contributed by atoms with Crippen LogP contribution in [0.3, 0.4) is 0 Å². The SMILES string of the molecule is O=C(Nc1cc(-c2cc3ccccc3s2)c2[nH]ncc2c1)c1n[nH]c2ccccc12. The van der Waals surface area contributed by atoms with Crippen molar-refractivity contribution >= 4 is 54.8 Å². The third-order valence-corrected chi connectivity index (χ3v) is 6.33. The van der Waals surface area contributed by atoms with Crippen LogP contribution in [-0.2, 0) is 0 Å². The van der Waals surface area contributed by atoms with Crippen molar-refractivity contribution in [3.05, 3.63) is 78.6 Å². The summed E-state index contributed by atoms with van der Waals surface area (Å²) in [6, 6.07) is 22.0. The van der Waals surface area contributed by atoms with Crippen molar-refractivity contribution in [2.24, 2.45) is 0 Å². The largest absolute Gasteiger partial charge is 0.321 e. The second kappa shape index (κ2) is 6.53. The van der Waals surface area contributed by atoms with Gasteiger partial charge < -0.3 is 5.32 Å². The number of benzene rings is 3. The number of para-hydroxylation sites is 1. The summed E-state index contributed by atoms with van der Waals surface area (Å²) >= 11 is 1.72. The number of fused-ring (bicyclic) bond motifs is 3. The van der Waals surface area contributed by atoms with Gasteiger partial charge in [-0.05, 0) is 35.7 Å². The van der Waals surface area contributed by atoms with Gasteiger partial charge in [-0.3, -0.25) is 15.0 Å². The number of H-pyrrole nitrogens is 2. The van der Waals surface area contributed by atoms with Crippen LogP contribution in [0.2, 0.25) is 0 Å². The highest BCUT2D eigenvalue weighted by molar-refractivity contribution is 7.22. The highest BCUT2D eigenvalue weighted by Gasteiger charge is 2.16. The van der Waals surface area contributed by atoms with Crippen molar-refractivity contribution in [2.45, 2.75) is 0 Å². The van der Waals surface area contributed by atoms with E-state index in [1.807, 2.05) is 48.5 Å². The van der Waals surface area contributed by atoms with Gasteiger partial charge in [-0.15, -0.1) is 11.3 Å². The summed E-state index contributed by atoms with van der Waals surface area (Å²) in [4.78, 5) is 14.1. The Hall–Kier alpha value is -3.97. The summed E-state index contributed by atoms with van der Waals surface area (Å²) in [6.45, 7) is 0. The normalized spacial score (nSPS) is 11.5. The minimum Gasteiger partial charge on any atom is -0.321 e. The van der Waals surface area contributed by atoms with Crippen molar-refractivity contribution in [1.29, 1.82) is 0 Å². The lowest BCUT2D eigenvalue weighted by Crippen LogP contribution is -2.12. The third-order valence-electron chi connectivity index (χ3n) is 5.18. The molecule has 3 aromatic carbocycles. The van der Waals surface area contributed by atoms with Crippen molar-refractivity contribution in [1.82, 2.24) is 20.4 Å². The number of hydrogen-bond donors (Lipinski definition) is 3. The molecule has 0 saturated heterocycles. The molecule has 0 radical (unpaired) electrons. The average Bonchev–Trinajstić information content (AvgIpc) is 3.50. The number of aromatic amines is 2. The Balaban J connectivity index is 1.44. The lowest BCUT2D eigenvalue weighted by atomic mass is 10.1. The summed E-state index contributed by atoms with van der Waals surface area (Å²) in [5.41, 5.74) is 3.87. The fourth-order valence-electron chi connectivity index (χ4n) is 3.77. The monoisotopic (exact) mass is 409 g/mol. The number of aromatic nitrogens is 4. The van der Waals surface area contributed by atoms with E-state index in [9.17, 15) is 4.79 Å². The number of anilines is 1. The van der Waals surface area contributed by atoms with Crippen LogP contribution in [0, 0.1) is 0 Å². The Morgan fingerprint density at radius 2 is 1.80 bits per heavy atom. The minimum absolute atomic E-state index is 0.252. The Morgan fingerprint density at radius 3 is 2.73 bits per heavy atom. The van der Waals surface area contributed by atoms with Crippen LogP contribution < -0.4 is 5.32 Å². The van der Waals surface area contributed by atoms with E-state index in [0.29, 0.717) is 11.4 Å². The lowest BCUT2D eigenvalue weighted by Gasteiger charge is -2.07. The van der Waals surface area contributed by atoms with Gasteiger partial charge in [-0.1, -0.05) is 36.4 Å². The second-order valence-electron chi connectivity index (χ2n) is 7.08. The molecule has 6 aromatic rings. The smallest absolute Gasteiger partial charge is 0.276 e. The standard InChI is InChI=1S/C23H15N5OS/c29-23(22-16-6-2-3-7-18(16)26-28-22)25-15-9-14-12-24-27-21(14)17(11-15)20-10-13-5-1-4-8-19(13)30-20/h1-12H,(H,24,27)(H,25,29)(H,26,28). The summed E-state index contributed by atoms with van der Waals surface area (Å²) in [5.74, 6) is -0.252. The molecule has 0 spiro atoms. The van der Waals surface area contributed by atoms with Gasteiger partial charge in [0.25, 0.3) is 5.91 Å². The number of carbonyl (C=O) groups is 1. The Bertz CT molecular complexity index is 1530. The predicted octanol–water partition coefficient (Wildman–Crippen LogP) is 5.57. The van der Waals surface area contributed by atoms with Crippen molar-refractivity contribution in [3.8, 4) is 10.4 Å². The third kappa shape index (κ3) is 2.67. The first-order valence-electron chi connectivity index (χ1n) is 9.47. The summed E-state index contributed by atoms with van der Waals surface area (Å²) in [6.07, 6.45) is 1.77. The van der Waals surface area contributed by atoms with E-state index in [1.54, 1.807) is 17.5 Å². The first kappa shape index (κ1) is 16.9. The molecule has 0 bridgehead atoms. The Labute approximate surface area is 174 Å². The van der Waals surface area contributed by atoms with E-state index in [-0.39, 0.29) is 5.91 Å². The zero-order valence-corrected chi connectivity index (χ0v) is 16.5. The van der Waals surface area contributed by atoms with Gasteiger partial charge in [-0.2, -0.15) is 10.2 Å². The van der Waals surface area contributed by atoms with Gasteiger partial charge in [0.05, 0.1) is 17.2 Å². The number of rotatable bonds is 3. The Kier molecular flexibility index (Phi) is 3.69. The van der Waals surface area contributed by atoms with Crippen molar-refractivity contribution < 1.29 is 4.79 Å². The number of nitrogens with zero attached hydrogens (tertiary/aromatic N) is 2. The van der Waals surface area contributed by atoms with Crippen LogP contribution >= 0.6 is 11.3 Å². The number of thiophene rings is 1. The molecule has 3 N–H and O–H groups in total. The summed E-state index contributed by atoms with van der Waals surface area (Å²) < 4.78 is 1.22. The molecule has 30 heavy (non-hydrogen) atoms. The molecule has 6 nitrogen and oxygen atoms in total. The van der Waals surface area contributed by atoms with Crippen LogP contribution in [0.25, 0.3) is 42.3 Å². The molecule has 6 rings (SSSR count). The lowest BCUT2D eigenvalue weighted by molar-refractivity contribution is 0.102. The average molecular weight is 409 g/mol. The summed E-state index contributed by atoms with van der Waals surface area (Å²) in [7, 11) is 0. The molecule has 3 heterocycles. The molecule has 144 valence electrons. The van der Waals surface area contributed by atoms with Crippen LogP contribution in [-0.4, -0.2) is 26.3 Å². The molecule has 0 aliphatic carbocycles. The molecule has 0 atom stereocenters. The van der Waals surface area contributed by atoms with E-state index >= 15 is 0 Å². The maximum Gasteiger partial charge on any atom is 0.276 e. The van der Waals surface area contributed by atoms with E-state index in [0.717, 1.165) is 32.2 Å². The number of carbonyl (C=O) groups excluding carboxylic acids is 1. The predicted molar refractivity (Wildman–Crippen MR) is 121 cm³/mol. The molecule has 0 aliphatic rings. The van der Waals surface area contributed by atoms with Gasteiger partial charge in [0.1, 0.15) is 0 Å². The molecule has 0 fully saturated rings. The van der Waals surface area contributed by atoms with E-state index in [1.165, 1.54) is 10.1 Å². The first-order chi connectivity index (χ1) is 14.8. The van der Waals surface area contributed by atoms with Crippen LogP contribution in [0.15, 0.2) is 72.9 Å². The van der Waals surface area contributed by atoms with Gasteiger partial charge in [0.15, 0.2) is 5.69 Å². The van der Waals surface area contributed by atoms with E-state index in [4.69, 9.17) is 0 Å². The van der Waals surface area contributed by atoms with Gasteiger partial charge >= 0.3 is 0 Å². The van der Waals surface area contributed by atoms with E-state index < -0.39 is 0 Å². The molecule has 0 unspecified atom stereocenters. The second-order valence-corrected chi connectivity index (χ2v) is 8.16. The van der Waals surface area contributed by atoms with E-state index in [2.05, 4.69) is 43.9 Å². The fourth-order valence-corrected chi connectivity index (χ4v) is 4.85. The van der Waals surface area contributed by atoms with Crippen LogP contribution in [0.5, 0.6) is 0 Å². The zero-order valence-electron chi connectivity index (χ0n) is 15.6. The highest BCUT2D eigenvalue weighted by Crippen LogP contribution is 2.38. The number of amides is 1. The quantitative estimate of drug-likeness (QED) is 0.357. The first-order valence-corrected chi connectivity index (χ1v) is 10.3. The molecule has 0 saturated carbocycles. The molecular weight excluding hydrogens is 394 g/mol. The van der Waals surface area contributed by atoms with Crippen LogP contribution in [0.4, 0.5) is 5.69 Å². The molecule has 1 amide bonds. The minimum atomic E-state index is -0.252. The maximum atomic E-state index is 12.9. The summed E-state index contributed by atoms with van der Waals surface area (Å²) in [5, 5.41) is 20.3. The number of hydrogen-bond acceptors (Lipinski definition) is 4. The zero-order chi connectivity index (χ0) is 20.1. The maximum absolute atomic E-state index is 12.9. The van der Waals surface area contributed by atoms with Crippen molar-refractivity contribution in [3.63, 3.8) is 0 Å². The van der Waals surface area contributed by atoms with Gasteiger partial charge in [0, 0.05) is 31.6 Å². The van der Waals surface area contributed by atoms with Gasteiger partial charge in [-0.25, -0.2) is 0 Å². The molecular formula is C23H15N5OS. The number of nitrogens with one attached hydrogen (secondary N) is 3. The molecule has 3 aromatic heterocycles. The topological polar surface area (TPSA) is 86.5 Å². The Morgan fingerprint density at radius 1 is 0.933 bits per heavy atom. The van der Waals surface area contributed by atoms with Crippen molar-refractivity contribution in [2.75, 3.05) is 5.32 Å². The van der Waals surface area contributed by atoms with Crippen LogP contribution in [0.1, 0.15) is 10.5 Å².